The van der Waals surface area contributed by atoms with E-state index in [9.17, 15) is 4.79 Å². The molecule has 102 valence electrons. The monoisotopic (exact) mass is 324 g/mol. The third-order valence-electron chi connectivity index (χ3n) is 2.90. The van der Waals surface area contributed by atoms with Crippen molar-refractivity contribution in [3.05, 3.63) is 30.0 Å². The van der Waals surface area contributed by atoms with Crippen LogP contribution in [0, 0.1) is 0 Å². The van der Waals surface area contributed by atoms with E-state index in [1.165, 1.54) is 0 Å². The number of amides is 1. The van der Waals surface area contributed by atoms with Crippen molar-refractivity contribution in [2.24, 2.45) is 0 Å². The number of rotatable bonds is 6. The van der Waals surface area contributed by atoms with E-state index < -0.39 is 0 Å². The number of carbonyl (C=O) groups excluding carboxylic acids is 1. The molecule has 0 saturated heterocycles. The maximum atomic E-state index is 11.8. The maximum Gasteiger partial charge on any atom is 0.226 e. The second kappa shape index (κ2) is 6.70. The number of nitrogens with zero attached hydrogens (tertiary/aromatic N) is 1. The summed E-state index contributed by atoms with van der Waals surface area (Å²) < 4.78 is 5.17. The van der Waals surface area contributed by atoms with Gasteiger partial charge in [0, 0.05) is 16.8 Å². The van der Waals surface area contributed by atoms with E-state index in [2.05, 4.69) is 33.3 Å². The summed E-state index contributed by atoms with van der Waals surface area (Å²) in [4.78, 5) is 12.2. The van der Waals surface area contributed by atoms with Crippen molar-refractivity contribution < 1.29 is 9.32 Å². The molecule has 19 heavy (non-hydrogen) atoms. The van der Waals surface area contributed by atoms with Gasteiger partial charge in [0.1, 0.15) is 5.69 Å². The van der Waals surface area contributed by atoms with Gasteiger partial charge in [0.15, 0.2) is 5.58 Å². The number of fused-ring (bicyclic) bond motifs is 1. The lowest BCUT2D eigenvalue weighted by Crippen LogP contribution is -2.30. The normalized spacial score (nSPS) is 12.5. The van der Waals surface area contributed by atoms with Crippen LogP contribution in [0.5, 0.6) is 0 Å². The molecule has 0 spiro atoms. The quantitative estimate of drug-likeness (QED) is 0.831. The maximum absolute atomic E-state index is 11.8. The van der Waals surface area contributed by atoms with Crippen LogP contribution in [-0.2, 0) is 11.2 Å². The molecule has 1 amide bonds. The Labute approximate surface area is 120 Å². The van der Waals surface area contributed by atoms with Crippen molar-refractivity contribution in [3.63, 3.8) is 0 Å². The van der Waals surface area contributed by atoms with Gasteiger partial charge in [-0.3, -0.25) is 4.79 Å². The Morgan fingerprint density at radius 2 is 2.26 bits per heavy atom. The summed E-state index contributed by atoms with van der Waals surface area (Å²) in [5.74, 6) is -0.0281. The summed E-state index contributed by atoms with van der Waals surface area (Å²) in [5.41, 5.74) is 1.41. The topological polar surface area (TPSA) is 55.1 Å². The lowest BCUT2D eigenvalue weighted by atomic mass is 10.1. The summed E-state index contributed by atoms with van der Waals surface area (Å²) >= 11 is 3.54. The van der Waals surface area contributed by atoms with Crippen molar-refractivity contribution in [2.45, 2.75) is 31.0 Å². The number of para-hydroxylation sites is 1. The molecule has 2 rings (SSSR count). The van der Waals surface area contributed by atoms with Crippen molar-refractivity contribution in [3.8, 4) is 0 Å². The molecule has 1 unspecified atom stereocenters. The highest BCUT2D eigenvalue weighted by Gasteiger charge is 2.12. The first kappa shape index (κ1) is 14.1. The van der Waals surface area contributed by atoms with E-state index in [4.69, 9.17) is 4.52 Å². The summed E-state index contributed by atoms with van der Waals surface area (Å²) in [6, 6.07) is 7.56. The minimum absolute atomic E-state index is 0.0281. The van der Waals surface area contributed by atoms with Gasteiger partial charge < -0.3 is 9.84 Å². The molecule has 1 heterocycles. The molecule has 1 aromatic carbocycles. The average Bonchev–Trinajstić information content (AvgIpc) is 2.80. The van der Waals surface area contributed by atoms with Crippen LogP contribution >= 0.6 is 15.9 Å². The second-order valence-electron chi connectivity index (χ2n) is 4.49. The van der Waals surface area contributed by atoms with Crippen LogP contribution in [0.3, 0.4) is 0 Å². The van der Waals surface area contributed by atoms with Gasteiger partial charge in [-0.15, -0.1) is 0 Å². The number of aromatic nitrogens is 1. The second-order valence-corrected chi connectivity index (χ2v) is 5.79. The number of nitrogens with one attached hydrogen (secondary N) is 1. The minimum Gasteiger partial charge on any atom is -0.356 e. The average molecular weight is 325 g/mol. The van der Waals surface area contributed by atoms with Gasteiger partial charge in [-0.2, -0.15) is 0 Å². The molecule has 4 nitrogen and oxygen atoms in total. The number of carbonyl (C=O) groups is 1. The number of hydrogen-bond donors (Lipinski definition) is 1. The SMILES string of the molecule is CCCC(Br)CNC(=O)Cc1noc2ccccc12. The van der Waals surface area contributed by atoms with Crippen molar-refractivity contribution in [1.82, 2.24) is 10.5 Å². The van der Waals surface area contributed by atoms with E-state index in [0.717, 1.165) is 23.8 Å². The molecule has 0 radical (unpaired) electrons. The van der Waals surface area contributed by atoms with E-state index in [-0.39, 0.29) is 12.3 Å². The Balaban J connectivity index is 1.92. The van der Waals surface area contributed by atoms with Gasteiger partial charge in [0.25, 0.3) is 0 Å². The highest BCUT2D eigenvalue weighted by molar-refractivity contribution is 9.09. The first-order valence-corrected chi connectivity index (χ1v) is 7.36. The third-order valence-corrected chi connectivity index (χ3v) is 3.68. The predicted molar refractivity (Wildman–Crippen MR) is 78.3 cm³/mol. The minimum atomic E-state index is -0.0281. The van der Waals surface area contributed by atoms with E-state index in [0.29, 0.717) is 17.1 Å². The molecule has 0 aliphatic rings. The molecule has 1 aromatic heterocycles. The molecule has 0 aliphatic carbocycles. The van der Waals surface area contributed by atoms with Crippen LogP contribution < -0.4 is 5.32 Å². The van der Waals surface area contributed by atoms with E-state index in [1.807, 2.05) is 24.3 Å². The fraction of sp³-hybridized carbons (Fsp3) is 0.429. The fourth-order valence-corrected chi connectivity index (χ4v) is 2.54. The fourth-order valence-electron chi connectivity index (χ4n) is 1.92. The number of benzene rings is 1. The Bertz CT molecular complexity index is 553. The van der Waals surface area contributed by atoms with Crippen LogP contribution in [-0.4, -0.2) is 22.4 Å². The lowest BCUT2D eigenvalue weighted by molar-refractivity contribution is -0.120. The first-order chi connectivity index (χ1) is 9.20. The molecule has 1 N–H and O–H groups in total. The van der Waals surface area contributed by atoms with Crippen molar-refractivity contribution in [1.29, 1.82) is 0 Å². The van der Waals surface area contributed by atoms with Crippen LogP contribution in [0.4, 0.5) is 0 Å². The van der Waals surface area contributed by atoms with Crippen molar-refractivity contribution >= 4 is 32.8 Å². The van der Waals surface area contributed by atoms with Crippen molar-refractivity contribution in [2.75, 3.05) is 6.54 Å². The zero-order chi connectivity index (χ0) is 13.7. The van der Waals surface area contributed by atoms with Gasteiger partial charge in [0.05, 0.1) is 6.42 Å². The van der Waals surface area contributed by atoms with Gasteiger partial charge in [0.2, 0.25) is 5.91 Å². The number of alkyl halides is 1. The highest BCUT2D eigenvalue weighted by Crippen LogP contribution is 2.18. The van der Waals surface area contributed by atoms with Crippen LogP contribution in [0.15, 0.2) is 28.8 Å². The number of hydrogen-bond acceptors (Lipinski definition) is 3. The predicted octanol–water partition coefficient (Wildman–Crippen LogP) is 3.05. The zero-order valence-corrected chi connectivity index (χ0v) is 12.4. The summed E-state index contributed by atoms with van der Waals surface area (Å²) in [5, 5.41) is 7.76. The molecule has 1 atom stereocenters. The van der Waals surface area contributed by atoms with Gasteiger partial charge in [-0.05, 0) is 18.6 Å². The molecular formula is C14H17BrN2O2. The molecule has 0 bridgehead atoms. The Morgan fingerprint density at radius 3 is 3.05 bits per heavy atom. The van der Waals surface area contributed by atoms with Crippen LogP contribution in [0.1, 0.15) is 25.5 Å². The number of halogens is 1. The molecule has 2 aromatic rings. The van der Waals surface area contributed by atoms with Gasteiger partial charge >= 0.3 is 0 Å². The summed E-state index contributed by atoms with van der Waals surface area (Å²) in [7, 11) is 0. The van der Waals surface area contributed by atoms with Gasteiger partial charge in [-0.1, -0.05) is 46.6 Å². The van der Waals surface area contributed by atoms with E-state index in [1.54, 1.807) is 0 Å². The Morgan fingerprint density at radius 1 is 1.47 bits per heavy atom. The lowest BCUT2D eigenvalue weighted by Gasteiger charge is -2.09. The van der Waals surface area contributed by atoms with Gasteiger partial charge in [-0.25, -0.2) is 0 Å². The first-order valence-electron chi connectivity index (χ1n) is 6.44. The molecule has 0 aliphatic heterocycles. The van der Waals surface area contributed by atoms with E-state index >= 15 is 0 Å². The summed E-state index contributed by atoms with van der Waals surface area (Å²) in [6.07, 6.45) is 2.40. The molecular weight excluding hydrogens is 308 g/mol. The Hall–Kier alpha value is -1.36. The molecule has 5 heteroatoms. The third kappa shape index (κ3) is 3.80. The Kier molecular flexibility index (Phi) is 4.96. The van der Waals surface area contributed by atoms with Crippen LogP contribution in [0.25, 0.3) is 11.0 Å². The van der Waals surface area contributed by atoms with Crippen LogP contribution in [0.2, 0.25) is 0 Å². The zero-order valence-electron chi connectivity index (χ0n) is 10.9. The standard InChI is InChI=1S/C14H17BrN2O2/c1-2-5-10(15)9-16-14(18)8-12-11-6-3-4-7-13(11)19-17-12/h3-4,6-7,10H,2,5,8-9H2,1H3,(H,16,18). The summed E-state index contributed by atoms with van der Waals surface area (Å²) in [6.45, 7) is 2.76. The highest BCUT2D eigenvalue weighted by atomic mass is 79.9. The molecule has 0 fully saturated rings. The largest absolute Gasteiger partial charge is 0.356 e. The molecule has 0 saturated carbocycles. The smallest absolute Gasteiger partial charge is 0.226 e.